The van der Waals surface area contributed by atoms with Crippen molar-refractivity contribution in [3.63, 3.8) is 0 Å². The largest absolute Gasteiger partial charge is 0.477 e. The minimum atomic E-state index is -2.60. The van der Waals surface area contributed by atoms with Crippen LogP contribution < -0.4 is 5.43 Å². The topological polar surface area (TPSA) is 148 Å². The second-order valence-corrected chi connectivity index (χ2v) is 8.82. The van der Waals surface area contributed by atoms with Gasteiger partial charge in [0.1, 0.15) is 5.65 Å². The van der Waals surface area contributed by atoms with Crippen LogP contribution in [-0.2, 0) is 14.3 Å². The maximum absolute atomic E-state index is 12.6. The molecule has 0 saturated carbocycles. The zero-order valence-electron chi connectivity index (χ0n) is 14.6. The van der Waals surface area contributed by atoms with Crippen molar-refractivity contribution in [2.75, 3.05) is 24.6 Å². The average Bonchev–Trinajstić information content (AvgIpc) is 3.19. The lowest BCUT2D eigenvalue weighted by Crippen LogP contribution is -2.46. The molecule has 5 N–H and O–H groups in total. The van der Waals surface area contributed by atoms with E-state index in [9.17, 15) is 23.8 Å². The Morgan fingerprint density at radius 2 is 2.11 bits per heavy atom. The molecule has 0 atom stereocenters. The van der Waals surface area contributed by atoms with Crippen LogP contribution in [0, 0.1) is 0 Å². The fourth-order valence-electron chi connectivity index (χ4n) is 3.02. The molecule has 4 rings (SSSR count). The van der Waals surface area contributed by atoms with Gasteiger partial charge in [0.2, 0.25) is 11.7 Å². The number of carbonyl (C=O) groups excluding carboxylic acids is 1. The first kappa shape index (κ1) is 18.5. The second kappa shape index (κ2) is 6.95. The predicted octanol–water partition coefficient (Wildman–Crippen LogP) is 1.37. The summed E-state index contributed by atoms with van der Waals surface area (Å²) in [5.74, 6) is -2.12. The lowest BCUT2D eigenvalue weighted by atomic mass is 10.1. The molecule has 1 fully saturated rings. The molecule has 4 heterocycles. The smallest absolute Gasteiger partial charge is 0.345 e. The Balaban J connectivity index is 1.58. The fraction of sp³-hybridized carbons (Fsp3) is 0.235. The Hall–Kier alpha value is -2.86. The van der Waals surface area contributed by atoms with Gasteiger partial charge in [-0.15, -0.1) is 0 Å². The Morgan fingerprint density at radius 1 is 1.36 bits per heavy atom. The molecule has 0 radical (unpaired) electrons. The number of hydrogen-bond acceptors (Lipinski definition) is 8. The maximum atomic E-state index is 12.6. The highest BCUT2D eigenvalue weighted by molar-refractivity contribution is 8.24. The molecule has 0 aromatic carbocycles. The summed E-state index contributed by atoms with van der Waals surface area (Å²) in [6, 6.07) is 3.57. The number of allylic oxidation sites excluding steroid dienone is 1. The number of ether oxygens (including phenoxy) is 1. The summed E-state index contributed by atoms with van der Waals surface area (Å²) in [7, 11) is -2.60. The van der Waals surface area contributed by atoms with E-state index in [1.807, 2.05) is 6.07 Å². The summed E-state index contributed by atoms with van der Waals surface area (Å²) in [6.45, 7) is 0.562. The minimum Gasteiger partial charge on any atom is -0.477 e. The van der Waals surface area contributed by atoms with Crippen LogP contribution in [0.3, 0.4) is 0 Å². The van der Waals surface area contributed by atoms with E-state index < -0.39 is 27.9 Å². The maximum Gasteiger partial charge on any atom is 0.345 e. The molecule has 1 saturated heterocycles. The monoisotopic (exact) mass is 406 g/mol. The minimum absolute atomic E-state index is 0.119. The highest BCUT2D eigenvalue weighted by atomic mass is 32.3. The number of carbonyl (C=O) groups is 2. The number of hydrogen-bond donors (Lipinski definition) is 5. The van der Waals surface area contributed by atoms with Crippen LogP contribution in [0.15, 0.2) is 41.7 Å². The Labute approximate surface area is 160 Å². The van der Waals surface area contributed by atoms with Crippen molar-refractivity contribution >= 4 is 39.5 Å². The quantitative estimate of drug-likeness (QED) is 0.375. The van der Waals surface area contributed by atoms with Crippen LogP contribution in [0.1, 0.15) is 5.56 Å². The van der Waals surface area contributed by atoms with Crippen molar-refractivity contribution in [1.82, 2.24) is 20.4 Å². The van der Waals surface area contributed by atoms with Crippen LogP contribution >= 0.6 is 10.6 Å². The number of pyridine rings is 1. The number of H-pyrrole nitrogens is 1. The third kappa shape index (κ3) is 3.47. The van der Waals surface area contributed by atoms with E-state index in [1.54, 1.807) is 23.5 Å². The van der Waals surface area contributed by atoms with Crippen LogP contribution in [0.4, 0.5) is 0 Å². The summed E-state index contributed by atoms with van der Waals surface area (Å²) in [5, 5.41) is 11.8. The zero-order chi connectivity index (χ0) is 19.9. The van der Waals surface area contributed by atoms with E-state index in [0.29, 0.717) is 11.2 Å². The molecule has 28 heavy (non-hydrogen) atoms. The molecule has 2 aromatic heterocycles. The first-order valence-corrected chi connectivity index (χ1v) is 10.3. The van der Waals surface area contributed by atoms with Gasteiger partial charge in [-0.3, -0.25) is 19.3 Å². The molecule has 0 bridgehead atoms. The van der Waals surface area contributed by atoms with E-state index in [1.165, 1.54) is 6.08 Å². The van der Waals surface area contributed by atoms with Crippen LogP contribution in [0.2, 0.25) is 0 Å². The zero-order valence-corrected chi connectivity index (χ0v) is 15.4. The van der Waals surface area contributed by atoms with Crippen molar-refractivity contribution in [2.24, 2.45) is 0 Å². The molecule has 0 unspecified atom stereocenters. The molecule has 0 aliphatic carbocycles. The number of hydrazine groups is 1. The van der Waals surface area contributed by atoms with Gasteiger partial charge < -0.3 is 14.8 Å². The van der Waals surface area contributed by atoms with Crippen LogP contribution in [-0.4, -0.2) is 65.5 Å². The lowest BCUT2D eigenvalue weighted by molar-refractivity contribution is -0.134. The standard InChI is InChI=1S/C17H18N4O6S/c22-14-12(8-10-9-19-15-11(10)2-1-3-18-15)27-16(13(14)17(23)24)20-21-4-6-28(25,26)7-5-21/h1-3,8-9,20,25-26H,4-7H2,(H,18,19)(H,23,24)/b12-8-. The number of fused-ring (bicyclic) bond motifs is 1. The van der Waals surface area contributed by atoms with Crippen LogP contribution in [0.25, 0.3) is 17.1 Å². The Bertz CT molecular complexity index is 1020. The van der Waals surface area contributed by atoms with Gasteiger partial charge in [0.15, 0.2) is 11.3 Å². The number of rotatable bonds is 4. The van der Waals surface area contributed by atoms with E-state index >= 15 is 0 Å². The highest BCUT2D eigenvalue weighted by Crippen LogP contribution is 2.40. The number of aromatic nitrogens is 2. The number of nitrogens with one attached hydrogen (secondary N) is 2. The van der Waals surface area contributed by atoms with E-state index in [-0.39, 0.29) is 36.2 Å². The number of ketones is 1. The molecule has 11 heteroatoms. The van der Waals surface area contributed by atoms with Gasteiger partial charge in [-0.05, 0) is 18.2 Å². The molecule has 148 valence electrons. The average molecular weight is 406 g/mol. The third-order valence-electron chi connectivity index (χ3n) is 4.51. The number of aliphatic carboxylic acids is 1. The van der Waals surface area contributed by atoms with Gasteiger partial charge in [-0.1, -0.05) is 0 Å². The first-order valence-electron chi connectivity index (χ1n) is 8.43. The second-order valence-electron chi connectivity index (χ2n) is 6.40. The molecular weight excluding hydrogens is 388 g/mol. The molecular formula is C17H18N4O6S. The number of Topliss-reactive ketones (excluding diaryl/α,β-unsaturated/α-hetero) is 1. The number of carboxylic acids is 1. The van der Waals surface area contributed by atoms with Gasteiger partial charge >= 0.3 is 5.97 Å². The van der Waals surface area contributed by atoms with E-state index in [2.05, 4.69) is 15.4 Å². The van der Waals surface area contributed by atoms with Crippen molar-refractivity contribution in [2.45, 2.75) is 0 Å². The number of aromatic amines is 1. The van der Waals surface area contributed by atoms with Gasteiger partial charge in [0.05, 0.1) is 11.5 Å². The molecule has 10 nitrogen and oxygen atoms in total. The van der Waals surface area contributed by atoms with Crippen molar-refractivity contribution < 1.29 is 28.5 Å². The van der Waals surface area contributed by atoms with Gasteiger partial charge in [-0.25, -0.2) is 14.8 Å². The lowest BCUT2D eigenvalue weighted by Gasteiger charge is -2.41. The molecule has 0 spiro atoms. The summed E-state index contributed by atoms with van der Waals surface area (Å²) in [4.78, 5) is 31.3. The summed E-state index contributed by atoms with van der Waals surface area (Å²) in [6.07, 6.45) is 4.75. The summed E-state index contributed by atoms with van der Waals surface area (Å²) >= 11 is 0. The van der Waals surface area contributed by atoms with Gasteiger partial charge in [0.25, 0.3) is 0 Å². The van der Waals surface area contributed by atoms with E-state index in [0.717, 1.165) is 5.39 Å². The normalized spacial score (nSPS) is 22.5. The molecule has 2 aliphatic rings. The Kier molecular flexibility index (Phi) is 4.59. The molecule has 2 aromatic rings. The molecule has 2 aliphatic heterocycles. The van der Waals surface area contributed by atoms with Crippen molar-refractivity contribution in [3.05, 3.63) is 47.3 Å². The number of carboxylic acid groups (broad SMARTS) is 1. The fourth-order valence-corrected chi connectivity index (χ4v) is 4.25. The molecule has 0 amide bonds. The summed E-state index contributed by atoms with van der Waals surface area (Å²) < 4.78 is 24.9. The van der Waals surface area contributed by atoms with Crippen LogP contribution in [0.5, 0.6) is 0 Å². The first-order chi connectivity index (χ1) is 13.3. The van der Waals surface area contributed by atoms with Crippen molar-refractivity contribution in [3.8, 4) is 0 Å². The van der Waals surface area contributed by atoms with E-state index in [4.69, 9.17) is 4.74 Å². The highest BCUT2D eigenvalue weighted by Gasteiger charge is 2.37. The Morgan fingerprint density at radius 3 is 2.82 bits per heavy atom. The summed E-state index contributed by atoms with van der Waals surface area (Å²) in [5.41, 5.74) is 3.56. The van der Waals surface area contributed by atoms with Crippen molar-refractivity contribution in [1.29, 1.82) is 0 Å². The number of nitrogens with zero attached hydrogens (tertiary/aromatic N) is 2. The van der Waals surface area contributed by atoms with Gasteiger partial charge in [-0.2, -0.15) is 10.6 Å². The SMILES string of the molecule is O=C(O)C1=C(NN2CCS(O)(O)CC2)O/C(=C\c2c[nH]c3ncccc23)C1=O. The third-order valence-corrected chi connectivity index (χ3v) is 6.18. The van der Waals surface area contributed by atoms with Gasteiger partial charge in [0, 0.05) is 36.4 Å². The predicted molar refractivity (Wildman–Crippen MR) is 102 cm³/mol.